The number of hydrogen-bond donors (Lipinski definition) is 0. The number of ether oxygens (including phenoxy) is 1. The predicted molar refractivity (Wildman–Crippen MR) is 109 cm³/mol. The lowest BCUT2D eigenvalue weighted by Crippen LogP contribution is -2.31. The van der Waals surface area contributed by atoms with E-state index >= 15 is 0 Å². The van der Waals surface area contributed by atoms with Crippen molar-refractivity contribution in [2.24, 2.45) is 0 Å². The highest BCUT2D eigenvalue weighted by molar-refractivity contribution is 7.88. The molecule has 0 unspecified atom stereocenters. The van der Waals surface area contributed by atoms with Crippen molar-refractivity contribution in [1.29, 1.82) is 0 Å². The average molecular weight is 442 g/mol. The SMILES string of the molecule is CCCCCc1cc2c(c(OS(=O)(=O)C(F)(F)F)c1)-c1cc(C)ccc1C(C)(C)O2. The highest BCUT2D eigenvalue weighted by Gasteiger charge is 2.49. The van der Waals surface area contributed by atoms with Crippen molar-refractivity contribution in [3.8, 4) is 22.6 Å². The summed E-state index contributed by atoms with van der Waals surface area (Å²) in [7, 11) is -5.82. The second-order valence-corrected chi connectivity index (χ2v) is 9.61. The van der Waals surface area contributed by atoms with Crippen LogP contribution in [0.4, 0.5) is 13.2 Å². The van der Waals surface area contributed by atoms with Crippen molar-refractivity contribution in [1.82, 2.24) is 0 Å². The lowest BCUT2D eigenvalue weighted by Gasteiger charge is -2.36. The first-order valence-corrected chi connectivity index (χ1v) is 11.2. The molecule has 2 aromatic carbocycles. The summed E-state index contributed by atoms with van der Waals surface area (Å²) in [5, 5.41) is 0. The lowest BCUT2D eigenvalue weighted by atomic mass is 9.84. The van der Waals surface area contributed by atoms with Crippen LogP contribution >= 0.6 is 0 Å². The molecular weight excluding hydrogens is 417 g/mol. The predicted octanol–water partition coefficient (Wildman–Crippen LogP) is 6.25. The summed E-state index contributed by atoms with van der Waals surface area (Å²) in [6.07, 6.45) is 3.32. The third kappa shape index (κ3) is 4.29. The summed E-state index contributed by atoms with van der Waals surface area (Å²) >= 11 is 0. The summed E-state index contributed by atoms with van der Waals surface area (Å²) in [5.41, 5.74) is -3.14. The van der Waals surface area contributed by atoms with Crippen LogP contribution in [0.3, 0.4) is 0 Å². The lowest BCUT2D eigenvalue weighted by molar-refractivity contribution is -0.0500. The van der Waals surface area contributed by atoms with E-state index in [0.29, 0.717) is 23.3 Å². The molecule has 0 N–H and O–H groups in total. The van der Waals surface area contributed by atoms with E-state index in [0.717, 1.165) is 30.4 Å². The van der Waals surface area contributed by atoms with Crippen LogP contribution in [-0.4, -0.2) is 13.9 Å². The molecule has 0 atom stereocenters. The van der Waals surface area contributed by atoms with Gasteiger partial charge in [0.2, 0.25) is 0 Å². The maximum absolute atomic E-state index is 13.0. The molecule has 1 aliphatic rings. The summed E-state index contributed by atoms with van der Waals surface area (Å²) in [6.45, 7) is 7.62. The molecule has 2 aromatic rings. The van der Waals surface area contributed by atoms with Crippen LogP contribution < -0.4 is 8.92 Å². The zero-order valence-electron chi connectivity index (χ0n) is 17.4. The quantitative estimate of drug-likeness (QED) is 0.301. The molecule has 0 saturated carbocycles. The van der Waals surface area contributed by atoms with Crippen molar-refractivity contribution in [2.75, 3.05) is 0 Å². The van der Waals surface area contributed by atoms with Crippen molar-refractivity contribution >= 4 is 10.1 Å². The Morgan fingerprint density at radius 3 is 2.43 bits per heavy atom. The normalized spacial score (nSPS) is 15.2. The van der Waals surface area contributed by atoms with Gasteiger partial charge in [0, 0.05) is 5.56 Å². The largest absolute Gasteiger partial charge is 0.534 e. The van der Waals surface area contributed by atoms with E-state index in [2.05, 4.69) is 4.18 Å². The summed E-state index contributed by atoms with van der Waals surface area (Å²) in [5.74, 6) is -0.0434. The second kappa shape index (κ2) is 7.80. The summed E-state index contributed by atoms with van der Waals surface area (Å²) in [4.78, 5) is 0. The number of fused-ring (bicyclic) bond motifs is 3. The van der Waals surface area contributed by atoms with Gasteiger partial charge < -0.3 is 8.92 Å². The molecule has 0 radical (unpaired) electrons. The van der Waals surface area contributed by atoms with Gasteiger partial charge in [-0.25, -0.2) is 0 Å². The molecule has 0 aromatic heterocycles. The Morgan fingerprint density at radius 2 is 1.80 bits per heavy atom. The monoisotopic (exact) mass is 442 g/mol. The summed E-state index contributed by atoms with van der Waals surface area (Å²) in [6, 6.07) is 8.67. The summed E-state index contributed by atoms with van der Waals surface area (Å²) < 4.78 is 73.5. The highest BCUT2D eigenvalue weighted by Crippen LogP contribution is 2.51. The third-order valence-electron chi connectivity index (χ3n) is 5.14. The number of aryl methyl sites for hydroxylation is 2. The molecule has 30 heavy (non-hydrogen) atoms. The Bertz CT molecular complexity index is 1060. The van der Waals surface area contributed by atoms with Crippen molar-refractivity contribution in [2.45, 2.75) is 64.5 Å². The first kappa shape index (κ1) is 22.5. The van der Waals surface area contributed by atoms with E-state index < -0.39 is 21.2 Å². The third-order valence-corrected chi connectivity index (χ3v) is 6.10. The van der Waals surface area contributed by atoms with Gasteiger partial charge in [-0.1, -0.05) is 43.5 Å². The molecular formula is C22H25F3O4S. The van der Waals surface area contributed by atoms with Gasteiger partial charge in [0.1, 0.15) is 11.4 Å². The van der Waals surface area contributed by atoms with Crippen LogP contribution in [0.2, 0.25) is 0 Å². The second-order valence-electron chi connectivity index (χ2n) is 8.07. The first-order chi connectivity index (χ1) is 13.9. The molecule has 3 rings (SSSR count). The number of alkyl halides is 3. The number of halogens is 3. The Balaban J connectivity index is 2.22. The molecule has 0 fully saturated rings. The molecule has 0 spiro atoms. The fraction of sp³-hybridized carbons (Fsp3) is 0.455. The minimum Gasteiger partial charge on any atom is -0.482 e. The first-order valence-electron chi connectivity index (χ1n) is 9.84. The van der Waals surface area contributed by atoms with E-state index in [-0.39, 0.29) is 11.3 Å². The molecule has 4 nitrogen and oxygen atoms in total. The van der Waals surface area contributed by atoms with Crippen LogP contribution in [0.15, 0.2) is 30.3 Å². The van der Waals surface area contributed by atoms with Gasteiger partial charge in [-0.15, -0.1) is 0 Å². The molecule has 1 aliphatic heterocycles. The van der Waals surface area contributed by atoms with E-state index in [9.17, 15) is 21.6 Å². The standard InChI is InChI=1S/C22H25F3O4S/c1-5-6-7-8-15-12-18-20(19(13-15)29-30(26,27)22(23,24)25)16-11-14(2)9-10-17(16)21(3,4)28-18/h9-13H,5-8H2,1-4H3. The topological polar surface area (TPSA) is 52.6 Å². The minimum atomic E-state index is -5.82. The van der Waals surface area contributed by atoms with E-state index in [1.54, 1.807) is 6.07 Å². The molecule has 1 heterocycles. The van der Waals surface area contributed by atoms with Crippen molar-refractivity contribution < 1.29 is 30.5 Å². The zero-order valence-corrected chi connectivity index (χ0v) is 18.2. The minimum absolute atomic E-state index is 0.222. The van der Waals surface area contributed by atoms with Crippen LogP contribution in [0.5, 0.6) is 11.5 Å². The van der Waals surface area contributed by atoms with Gasteiger partial charge in [0.15, 0.2) is 5.75 Å². The van der Waals surface area contributed by atoms with Gasteiger partial charge in [-0.3, -0.25) is 0 Å². The smallest absolute Gasteiger partial charge is 0.482 e. The highest BCUT2D eigenvalue weighted by atomic mass is 32.2. The zero-order chi connectivity index (χ0) is 22.3. The van der Waals surface area contributed by atoms with E-state index in [1.165, 1.54) is 6.07 Å². The number of hydrogen-bond acceptors (Lipinski definition) is 4. The van der Waals surface area contributed by atoms with Crippen LogP contribution in [0, 0.1) is 6.92 Å². The van der Waals surface area contributed by atoms with Crippen molar-refractivity contribution in [3.05, 3.63) is 47.0 Å². The van der Waals surface area contributed by atoms with E-state index in [1.807, 2.05) is 45.9 Å². The average Bonchev–Trinajstić information content (AvgIpc) is 2.59. The number of rotatable bonds is 6. The van der Waals surface area contributed by atoms with Gasteiger partial charge in [0.25, 0.3) is 0 Å². The van der Waals surface area contributed by atoms with Gasteiger partial charge >= 0.3 is 15.6 Å². The van der Waals surface area contributed by atoms with Crippen molar-refractivity contribution in [3.63, 3.8) is 0 Å². The van der Waals surface area contributed by atoms with Crippen LogP contribution in [-0.2, 0) is 22.1 Å². The molecule has 0 saturated heterocycles. The van der Waals surface area contributed by atoms with E-state index in [4.69, 9.17) is 4.74 Å². The van der Waals surface area contributed by atoms with Gasteiger partial charge in [0.05, 0.1) is 5.56 Å². The Kier molecular flexibility index (Phi) is 5.84. The molecule has 0 bridgehead atoms. The number of unbranched alkanes of at least 4 members (excludes halogenated alkanes) is 2. The maximum atomic E-state index is 13.0. The van der Waals surface area contributed by atoms with Crippen LogP contribution in [0.1, 0.15) is 56.7 Å². The van der Waals surface area contributed by atoms with Gasteiger partial charge in [-0.2, -0.15) is 21.6 Å². The fourth-order valence-electron chi connectivity index (χ4n) is 3.66. The maximum Gasteiger partial charge on any atom is 0.534 e. The molecule has 8 heteroatoms. The van der Waals surface area contributed by atoms with Gasteiger partial charge in [-0.05, 0) is 56.9 Å². The number of benzene rings is 2. The molecule has 164 valence electrons. The fourth-order valence-corrected chi connectivity index (χ4v) is 4.13. The molecule has 0 amide bonds. The Labute approximate surface area is 175 Å². The molecule has 0 aliphatic carbocycles. The van der Waals surface area contributed by atoms with Crippen LogP contribution in [0.25, 0.3) is 11.1 Å². The Morgan fingerprint density at radius 1 is 1.10 bits per heavy atom. The Hall–Kier alpha value is -2.22.